The Balaban J connectivity index is 2.25. The Morgan fingerprint density at radius 3 is 2.53 bits per heavy atom. The predicted octanol–water partition coefficient (Wildman–Crippen LogP) is 0.945. The first-order chi connectivity index (χ1) is 9.09. The first-order valence-electron chi connectivity index (χ1n) is 6.03. The van der Waals surface area contributed by atoms with Crippen molar-refractivity contribution in [3.8, 4) is 0 Å². The number of carbonyl (C=O) groups is 1. The number of aryl methyl sites for hydroxylation is 1. The fourth-order valence-corrected chi connectivity index (χ4v) is 1.95. The molecule has 2 aromatic rings. The van der Waals surface area contributed by atoms with Crippen LogP contribution in [0.1, 0.15) is 19.3 Å². The van der Waals surface area contributed by atoms with E-state index in [1.807, 2.05) is 0 Å². The van der Waals surface area contributed by atoms with Gasteiger partial charge in [0.1, 0.15) is 0 Å². The molecule has 0 saturated heterocycles. The third-order valence-electron chi connectivity index (χ3n) is 2.91. The van der Waals surface area contributed by atoms with Crippen LogP contribution in [0.4, 0.5) is 0 Å². The molecule has 1 heterocycles. The number of aromatic amines is 1. The van der Waals surface area contributed by atoms with Crippen molar-refractivity contribution in [3.05, 3.63) is 45.0 Å². The van der Waals surface area contributed by atoms with Crippen LogP contribution in [0.25, 0.3) is 10.8 Å². The van der Waals surface area contributed by atoms with E-state index in [0.717, 1.165) is 0 Å². The Hall–Kier alpha value is -2.37. The van der Waals surface area contributed by atoms with E-state index in [0.29, 0.717) is 30.2 Å². The molecule has 0 aliphatic heterocycles. The molecule has 0 bridgehead atoms. The van der Waals surface area contributed by atoms with Crippen LogP contribution < -0.4 is 11.1 Å². The molecule has 6 heteroatoms. The lowest BCUT2D eigenvalue weighted by Gasteiger charge is -2.06. The molecule has 0 saturated carbocycles. The summed E-state index contributed by atoms with van der Waals surface area (Å²) in [5.74, 6) is -0.862. The first-order valence-corrected chi connectivity index (χ1v) is 6.03. The van der Waals surface area contributed by atoms with E-state index in [2.05, 4.69) is 5.10 Å². The topological polar surface area (TPSA) is 92.2 Å². The van der Waals surface area contributed by atoms with Crippen LogP contribution in [0.2, 0.25) is 0 Å². The Bertz CT molecular complexity index is 714. The van der Waals surface area contributed by atoms with Crippen molar-refractivity contribution in [2.45, 2.75) is 25.8 Å². The molecule has 0 atom stereocenters. The number of aromatic nitrogens is 2. The average Bonchev–Trinajstić information content (AvgIpc) is 2.40. The van der Waals surface area contributed by atoms with Crippen molar-refractivity contribution < 1.29 is 9.90 Å². The third kappa shape index (κ3) is 2.90. The number of hydrogen-bond acceptors (Lipinski definition) is 3. The van der Waals surface area contributed by atoms with Crippen LogP contribution in [-0.4, -0.2) is 20.9 Å². The molecule has 2 rings (SSSR count). The maximum absolute atomic E-state index is 12.1. The molecule has 0 aliphatic rings. The molecule has 19 heavy (non-hydrogen) atoms. The van der Waals surface area contributed by atoms with Gasteiger partial charge in [-0.25, -0.2) is 4.68 Å². The van der Waals surface area contributed by atoms with Gasteiger partial charge in [-0.3, -0.25) is 19.5 Å². The zero-order chi connectivity index (χ0) is 13.8. The normalized spacial score (nSPS) is 10.7. The van der Waals surface area contributed by atoms with Crippen LogP contribution in [0, 0.1) is 0 Å². The van der Waals surface area contributed by atoms with Gasteiger partial charge >= 0.3 is 5.97 Å². The lowest BCUT2D eigenvalue weighted by Crippen LogP contribution is -2.29. The quantitative estimate of drug-likeness (QED) is 0.784. The second kappa shape index (κ2) is 5.51. The molecule has 1 aromatic heterocycles. The number of nitrogens with one attached hydrogen (secondary N) is 1. The monoisotopic (exact) mass is 262 g/mol. The number of aliphatic carboxylic acids is 1. The Labute approximate surface area is 108 Å². The van der Waals surface area contributed by atoms with Crippen LogP contribution in [0.5, 0.6) is 0 Å². The molecule has 0 spiro atoms. The molecule has 0 amide bonds. The molecule has 1 aromatic carbocycles. The fourth-order valence-electron chi connectivity index (χ4n) is 1.95. The molecule has 0 aliphatic carbocycles. The van der Waals surface area contributed by atoms with Crippen LogP contribution in [0.3, 0.4) is 0 Å². The smallest absolute Gasteiger partial charge is 0.303 e. The lowest BCUT2D eigenvalue weighted by molar-refractivity contribution is -0.137. The van der Waals surface area contributed by atoms with E-state index in [9.17, 15) is 14.4 Å². The number of carboxylic acids is 1. The minimum absolute atomic E-state index is 0.0621. The predicted molar refractivity (Wildman–Crippen MR) is 70.3 cm³/mol. The molecule has 6 nitrogen and oxygen atoms in total. The van der Waals surface area contributed by atoms with Gasteiger partial charge in [0.15, 0.2) is 0 Å². The van der Waals surface area contributed by atoms with Gasteiger partial charge in [-0.2, -0.15) is 0 Å². The van der Waals surface area contributed by atoms with Crippen LogP contribution in [-0.2, 0) is 11.3 Å². The SMILES string of the molecule is O=C(O)CCCCn1[nH]c(=O)c2ccccc2c1=O. The number of rotatable bonds is 5. The maximum atomic E-state index is 12.1. The summed E-state index contributed by atoms with van der Waals surface area (Å²) in [5.41, 5.74) is -0.570. The maximum Gasteiger partial charge on any atom is 0.303 e. The number of benzene rings is 1. The summed E-state index contributed by atoms with van der Waals surface area (Å²) in [7, 11) is 0. The van der Waals surface area contributed by atoms with Gasteiger partial charge in [-0.15, -0.1) is 0 Å². The molecule has 100 valence electrons. The van der Waals surface area contributed by atoms with E-state index >= 15 is 0 Å². The van der Waals surface area contributed by atoms with Crippen molar-refractivity contribution in [1.29, 1.82) is 0 Å². The lowest BCUT2D eigenvalue weighted by atomic mass is 10.2. The van der Waals surface area contributed by atoms with Gasteiger partial charge in [0.2, 0.25) is 0 Å². The molecule has 0 radical (unpaired) electrons. The number of unbranched alkanes of at least 4 members (excludes halogenated alkanes) is 1. The number of H-pyrrole nitrogens is 1. The van der Waals surface area contributed by atoms with Crippen molar-refractivity contribution in [3.63, 3.8) is 0 Å². The van der Waals surface area contributed by atoms with Gasteiger partial charge in [0.25, 0.3) is 11.1 Å². The Morgan fingerprint density at radius 2 is 1.84 bits per heavy atom. The van der Waals surface area contributed by atoms with Gasteiger partial charge < -0.3 is 5.11 Å². The highest BCUT2D eigenvalue weighted by Crippen LogP contribution is 2.03. The molecule has 2 N–H and O–H groups in total. The average molecular weight is 262 g/mol. The molecular weight excluding hydrogens is 248 g/mol. The molecule has 0 fully saturated rings. The Morgan fingerprint density at radius 1 is 1.16 bits per heavy atom. The van der Waals surface area contributed by atoms with Gasteiger partial charge in [0, 0.05) is 13.0 Å². The van der Waals surface area contributed by atoms with E-state index in [1.54, 1.807) is 24.3 Å². The highest BCUT2D eigenvalue weighted by Gasteiger charge is 2.06. The highest BCUT2D eigenvalue weighted by molar-refractivity contribution is 5.80. The Kier molecular flexibility index (Phi) is 3.79. The summed E-state index contributed by atoms with van der Waals surface area (Å²) in [6, 6.07) is 6.62. The van der Waals surface area contributed by atoms with Crippen molar-refractivity contribution in [2.24, 2.45) is 0 Å². The minimum atomic E-state index is -0.862. The van der Waals surface area contributed by atoms with Crippen molar-refractivity contribution in [2.75, 3.05) is 0 Å². The minimum Gasteiger partial charge on any atom is -0.481 e. The zero-order valence-electron chi connectivity index (χ0n) is 10.3. The fraction of sp³-hybridized carbons (Fsp3) is 0.308. The number of carboxylic acid groups (broad SMARTS) is 1. The summed E-state index contributed by atoms with van der Waals surface area (Å²) < 4.78 is 1.24. The number of fused-ring (bicyclic) bond motifs is 1. The largest absolute Gasteiger partial charge is 0.481 e. The standard InChI is InChI=1S/C13H14N2O4/c16-11(17)7-3-4-8-15-13(19)10-6-2-1-5-9(10)12(18)14-15/h1-2,5-6H,3-4,7-8H2,(H,14,18)(H,16,17). The van der Waals surface area contributed by atoms with Gasteiger partial charge in [-0.1, -0.05) is 12.1 Å². The molecule has 0 unspecified atom stereocenters. The van der Waals surface area contributed by atoms with Crippen molar-refractivity contribution >= 4 is 16.7 Å². The third-order valence-corrected chi connectivity index (χ3v) is 2.91. The second-order valence-electron chi connectivity index (χ2n) is 4.29. The second-order valence-corrected chi connectivity index (χ2v) is 4.29. The summed E-state index contributed by atoms with van der Waals surface area (Å²) >= 11 is 0. The van der Waals surface area contributed by atoms with Crippen LogP contribution in [0.15, 0.2) is 33.9 Å². The van der Waals surface area contributed by atoms with Crippen molar-refractivity contribution in [1.82, 2.24) is 9.78 Å². The number of hydrogen-bond donors (Lipinski definition) is 2. The van der Waals surface area contributed by atoms with E-state index < -0.39 is 5.97 Å². The highest BCUT2D eigenvalue weighted by atomic mass is 16.4. The molecular formula is C13H14N2O4. The van der Waals surface area contributed by atoms with Crippen LogP contribution >= 0.6 is 0 Å². The first kappa shape index (κ1) is 13.1. The summed E-state index contributed by atoms with van der Waals surface area (Å²) in [6.07, 6.45) is 1.06. The van der Waals surface area contributed by atoms with Gasteiger partial charge in [-0.05, 0) is 25.0 Å². The van der Waals surface area contributed by atoms with E-state index in [1.165, 1.54) is 4.68 Å². The van der Waals surface area contributed by atoms with E-state index in [4.69, 9.17) is 5.11 Å². The summed E-state index contributed by atoms with van der Waals surface area (Å²) in [4.78, 5) is 34.2. The summed E-state index contributed by atoms with van der Waals surface area (Å²) in [6.45, 7) is 0.312. The summed E-state index contributed by atoms with van der Waals surface area (Å²) in [5, 5.41) is 11.8. The van der Waals surface area contributed by atoms with E-state index in [-0.39, 0.29) is 17.5 Å². The van der Waals surface area contributed by atoms with Gasteiger partial charge in [0.05, 0.1) is 10.8 Å². The number of nitrogens with zero attached hydrogens (tertiary/aromatic N) is 1. The zero-order valence-corrected chi connectivity index (χ0v) is 10.3.